The highest BCUT2D eigenvalue weighted by Gasteiger charge is 2.33. The van der Waals surface area contributed by atoms with Gasteiger partial charge in [-0.05, 0) is 41.7 Å². The Bertz CT molecular complexity index is 906. The number of hydrogen-bond acceptors (Lipinski definition) is 3. The second kappa shape index (κ2) is 8.90. The molecule has 6 heteroatoms. The largest absolute Gasteiger partial charge is 0.328 e. The van der Waals surface area contributed by atoms with E-state index in [4.69, 9.17) is 0 Å². The van der Waals surface area contributed by atoms with E-state index in [-0.39, 0.29) is 12.5 Å². The van der Waals surface area contributed by atoms with E-state index in [1.54, 1.807) is 4.90 Å². The van der Waals surface area contributed by atoms with Crippen LogP contribution in [0.2, 0.25) is 0 Å². The maximum Gasteiger partial charge on any atom is 0.312 e. The van der Waals surface area contributed by atoms with Crippen molar-refractivity contribution < 1.29 is 14.4 Å². The summed E-state index contributed by atoms with van der Waals surface area (Å²) in [6.07, 6.45) is 0. The molecule has 1 N–H and O–H groups in total. The van der Waals surface area contributed by atoms with Crippen LogP contribution in [0.5, 0.6) is 0 Å². The maximum atomic E-state index is 12.5. The number of nitrogens with one attached hydrogen (secondary N) is 1. The quantitative estimate of drug-likeness (QED) is 0.767. The first kappa shape index (κ1) is 20.6. The van der Waals surface area contributed by atoms with Gasteiger partial charge in [-0.2, -0.15) is 0 Å². The maximum absolute atomic E-state index is 12.5. The van der Waals surface area contributed by atoms with Gasteiger partial charge in [0.05, 0.1) is 0 Å². The molecule has 0 aromatic heterocycles. The van der Waals surface area contributed by atoms with Crippen LogP contribution in [0.25, 0.3) is 0 Å². The zero-order chi connectivity index (χ0) is 21.0. The number of aryl methyl sites for hydroxylation is 1. The highest BCUT2D eigenvalue weighted by atomic mass is 16.2. The molecule has 3 rings (SSSR count). The number of carbonyl (C=O) groups is 3. The van der Waals surface area contributed by atoms with E-state index in [1.165, 1.54) is 10.5 Å². The third-order valence-corrected chi connectivity index (χ3v) is 5.22. The zero-order valence-corrected chi connectivity index (χ0v) is 17.1. The van der Waals surface area contributed by atoms with E-state index in [0.717, 1.165) is 11.1 Å². The Morgan fingerprint density at radius 1 is 0.966 bits per heavy atom. The van der Waals surface area contributed by atoms with Crippen molar-refractivity contribution in [1.82, 2.24) is 9.80 Å². The first-order valence-corrected chi connectivity index (χ1v) is 9.87. The Labute approximate surface area is 171 Å². The molecule has 0 aliphatic carbocycles. The number of carbonyl (C=O) groups excluding carboxylic acids is 3. The lowest BCUT2D eigenvalue weighted by Crippen LogP contribution is -2.55. The van der Waals surface area contributed by atoms with Crippen LogP contribution in [0.15, 0.2) is 48.5 Å². The summed E-state index contributed by atoms with van der Waals surface area (Å²) in [6, 6.07) is 15.4. The summed E-state index contributed by atoms with van der Waals surface area (Å²) < 4.78 is 0. The van der Waals surface area contributed by atoms with E-state index < -0.39 is 11.8 Å². The van der Waals surface area contributed by atoms with E-state index in [1.807, 2.05) is 55.5 Å². The van der Waals surface area contributed by atoms with Crippen LogP contribution in [0.1, 0.15) is 36.5 Å². The standard InChI is InChI=1S/C23H27N3O3/c1-16(2)18-8-10-20(11-9-18)24-21(27)15-26-13-12-25(22(28)23(26)29)14-19-7-5-4-6-17(19)3/h4-11,16H,12-15H2,1-3H3,(H,24,27). The molecule has 0 unspecified atom stereocenters. The van der Waals surface area contributed by atoms with E-state index in [9.17, 15) is 14.4 Å². The lowest BCUT2D eigenvalue weighted by molar-refractivity contribution is -0.157. The van der Waals surface area contributed by atoms with Gasteiger partial charge in [0.2, 0.25) is 5.91 Å². The minimum absolute atomic E-state index is 0.130. The van der Waals surface area contributed by atoms with E-state index in [0.29, 0.717) is 31.2 Å². The first-order chi connectivity index (χ1) is 13.8. The topological polar surface area (TPSA) is 69.7 Å². The summed E-state index contributed by atoms with van der Waals surface area (Å²) in [7, 11) is 0. The monoisotopic (exact) mass is 393 g/mol. The van der Waals surface area contributed by atoms with Crippen LogP contribution >= 0.6 is 0 Å². The molecular formula is C23H27N3O3. The summed E-state index contributed by atoms with van der Waals surface area (Å²) in [5, 5.41) is 2.79. The third kappa shape index (κ3) is 5.02. The fourth-order valence-electron chi connectivity index (χ4n) is 3.34. The molecule has 2 aromatic rings. The molecule has 1 saturated heterocycles. The average Bonchev–Trinajstić information content (AvgIpc) is 2.69. The molecule has 1 fully saturated rings. The predicted octanol–water partition coefficient (Wildman–Crippen LogP) is 2.93. The smallest absolute Gasteiger partial charge is 0.312 e. The van der Waals surface area contributed by atoms with Gasteiger partial charge < -0.3 is 15.1 Å². The number of nitrogens with zero attached hydrogens (tertiary/aromatic N) is 2. The second-order valence-electron chi connectivity index (χ2n) is 7.70. The molecule has 1 heterocycles. The van der Waals surface area contributed by atoms with Crippen LogP contribution in [0, 0.1) is 6.92 Å². The van der Waals surface area contributed by atoms with Gasteiger partial charge in [0.1, 0.15) is 6.54 Å². The first-order valence-electron chi connectivity index (χ1n) is 9.87. The predicted molar refractivity (Wildman–Crippen MR) is 112 cm³/mol. The van der Waals surface area contributed by atoms with E-state index >= 15 is 0 Å². The van der Waals surface area contributed by atoms with Crippen molar-refractivity contribution in [2.45, 2.75) is 33.2 Å². The number of piperazine rings is 1. The highest BCUT2D eigenvalue weighted by molar-refractivity contribution is 6.35. The Morgan fingerprint density at radius 3 is 2.24 bits per heavy atom. The number of hydrogen-bond donors (Lipinski definition) is 1. The minimum atomic E-state index is -0.630. The number of amides is 3. The van der Waals surface area contributed by atoms with Crippen molar-refractivity contribution in [3.63, 3.8) is 0 Å². The molecule has 2 aromatic carbocycles. The van der Waals surface area contributed by atoms with Crippen molar-refractivity contribution in [3.8, 4) is 0 Å². The number of benzene rings is 2. The molecule has 1 aliphatic heterocycles. The molecule has 1 aliphatic rings. The molecule has 152 valence electrons. The Morgan fingerprint density at radius 2 is 1.59 bits per heavy atom. The van der Waals surface area contributed by atoms with Gasteiger partial charge in [-0.15, -0.1) is 0 Å². The summed E-state index contributed by atoms with van der Waals surface area (Å²) >= 11 is 0. The molecule has 29 heavy (non-hydrogen) atoms. The third-order valence-electron chi connectivity index (χ3n) is 5.22. The fourth-order valence-corrected chi connectivity index (χ4v) is 3.34. The van der Waals surface area contributed by atoms with Gasteiger partial charge in [-0.25, -0.2) is 0 Å². The molecule has 0 spiro atoms. The summed E-state index contributed by atoms with van der Waals surface area (Å²) in [6.45, 7) is 7.22. The van der Waals surface area contributed by atoms with Gasteiger partial charge in [-0.1, -0.05) is 50.2 Å². The van der Waals surface area contributed by atoms with Gasteiger partial charge in [0.25, 0.3) is 0 Å². The van der Waals surface area contributed by atoms with Crippen molar-refractivity contribution in [3.05, 3.63) is 65.2 Å². The molecule has 3 amide bonds. The van der Waals surface area contributed by atoms with Crippen LogP contribution in [0.4, 0.5) is 5.69 Å². The Kier molecular flexibility index (Phi) is 6.32. The SMILES string of the molecule is Cc1ccccc1CN1CCN(CC(=O)Nc2ccc(C(C)C)cc2)C(=O)C1=O. The summed E-state index contributed by atoms with van der Waals surface area (Å²) in [5.74, 6) is -1.08. The fraction of sp³-hybridized carbons (Fsp3) is 0.348. The molecule has 0 atom stereocenters. The summed E-state index contributed by atoms with van der Waals surface area (Å²) in [5.41, 5.74) is 3.97. The molecule has 0 bridgehead atoms. The number of anilines is 1. The van der Waals surface area contributed by atoms with Gasteiger partial charge in [-0.3, -0.25) is 14.4 Å². The molecule has 0 saturated carbocycles. The lowest BCUT2D eigenvalue weighted by Gasteiger charge is -2.33. The van der Waals surface area contributed by atoms with Crippen LogP contribution in [-0.4, -0.2) is 47.2 Å². The van der Waals surface area contributed by atoms with Gasteiger partial charge >= 0.3 is 11.8 Å². The minimum Gasteiger partial charge on any atom is -0.328 e. The van der Waals surface area contributed by atoms with Crippen molar-refractivity contribution >= 4 is 23.4 Å². The molecule has 6 nitrogen and oxygen atoms in total. The normalized spacial score (nSPS) is 14.5. The number of rotatable bonds is 6. The highest BCUT2D eigenvalue weighted by Crippen LogP contribution is 2.17. The molecular weight excluding hydrogens is 366 g/mol. The van der Waals surface area contributed by atoms with Crippen molar-refractivity contribution in [1.29, 1.82) is 0 Å². The van der Waals surface area contributed by atoms with Gasteiger partial charge in [0.15, 0.2) is 0 Å². The second-order valence-corrected chi connectivity index (χ2v) is 7.70. The molecule has 0 radical (unpaired) electrons. The Hall–Kier alpha value is -3.15. The van der Waals surface area contributed by atoms with Gasteiger partial charge in [0, 0.05) is 25.3 Å². The van der Waals surface area contributed by atoms with Crippen molar-refractivity contribution in [2.24, 2.45) is 0 Å². The van der Waals surface area contributed by atoms with Crippen LogP contribution in [0.3, 0.4) is 0 Å². The zero-order valence-electron chi connectivity index (χ0n) is 17.1. The van der Waals surface area contributed by atoms with Crippen molar-refractivity contribution in [2.75, 3.05) is 25.0 Å². The Balaban J connectivity index is 1.56. The van der Waals surface area contributed by atoms with Crippen LogP contribution in [-0.2, 0) is 20.9 Å². The lowest BCUT2D eigenvalue weighted by atomic mass is 10.0. The van der Waals surface area contributed by atoms with E-state index in [2.05, 4.69) is 19.2 Å². The summed E-state index contributed by atoms with van der Waals surface area (Å²) in [4.78, 5) is 40.2. The average molecular weight is 393 g/mol. The van der Waals surface area contributed by atoms with Crippen LogP contribution < -0.4 is 5.32 Å².